The highest BCUT2D eigenvalue weighted by molar-refractivity contribution is 9.10. The average molecular weight is 501 g/mol. The number of imidazole rings is 1. The smallest absolute Gasteiger partial charge is 0.257 e. The van der Waals surface area contributed by atoms with Gasteiger partial charge >= 0.3 is 0 Å². The number of nitrogens with one attached hydrogen (secondary N) is 1. The molecule has 31 heavy (non-hydrogen) atoms. The lowest BCUT2D eigenvalue weighted by molar-refractivity contribution is -0.126. The Morgan fingerprint density at radius 2 is 2.16 bits per heavy atom. The minimum absolute atomic E-state index is 0.122. The van der Waals surface area contributed by atoms with Gasteiger partial charge in [0, 0.05) is 29.8 Å². The SMILES string of the molecule is Fc1cccc2scnc12.N/C=C(/C(=O)N1CCc2nc[nH]c2C1)c1cc(Br)ccn1. The van der Waals surface area contributed by atoms with Gasteiger partial charge in [0.1, 0.15) is 11.3 Å². The lowest BCUT2D eigenvalue weighted by Gasteiger charge is -2.27. The number of carbonyl (C=O) groups excluding carboxylic acids is 1. The zero-order chi connectivity index (χ0) is 21.8. The largest absolute Gasteiger partial charge is 0.404 e. The van der Waals surface area contributed by atoms with Gasteiger partial charge in [0.2, 0.25) is 0 Å². The molecule has 0 bridgehead atoms. The van der Waals surface area contributed by atoms with Gasteiger partial charge in [0.15, 0.2) is 0 Å². The molecule has 0 spiro atoms. The topological polar surface area (TPSA) is 101 Å². The lowest BCUT2D eigenvalue weighted by Crippen LogP contribution is -2.36. The molecule has 7 nitrogen and oxygen atoms in total. The van der Waals surface area contributed by atoms with Crippen LogP contribution in [0.1, 0.15) is 17.1 Å². The highest BCUT2D eigenvalue weighted by atomic mass is 79.9. The van der Waals surface area contributed by atoms with Crippen LogP contribution in [0, 0.1) is 5.82 Å². The molecule has 5 rings (SSSR count). The first-order valence-corrected chi connectivity index (χ1v) is 11.1. The van der Waals surface area contributed by atoms with Crippen molar-refractivity contribution in [3.8, 4) is 0 Å². The van der Waals surface area contributed by atoms with Crippen molar-refractivity contribution in [2.75, 3.05) is 6.54 Å². The standard InChI is InChI=1S/C14H14BrN5O.C7H4FNS/c15-9-1-3-17-12(5-9)10(6-16)14(21)20-4-2-11-13(7-20)19-8-18-11;8-5-2-1-3-6-7(5)9-4-10-6/h1,3,5-6,8H,2,4,7,16H2,(H,18,19);1-4H/b10-6+;. The first kappa shape index (κ1) is 21.1. The Labute approximate surface area is 190 Å². The van der Waals surface area contributed by atoms with Gasteiger partial charge in [0.05, 0.1) is 45.7 Å². The fourth-order valence-electron chi connectivity index (χ4n) is 3.23. The molecule has 3 N–H and O–H groups in total. The third-order valence-electron chi connectivity index (χ3n) is 4.77. The van der Waals surface area contributed by atoms with Crippen molar-refractivity contribution < 1.29 is 9.18 Å². The van der Waals surface area contributed by atoms with E-state index in [-0.39, 0.29) is 11.7 Å². The van der Waals surface area contributed by atoms with E-state index in [2.05, 4.69) is 35.9 Å². The Bertz CT molecular complexity index is 1250. The number of aromatic amines is 1. The van der Waals surface area contributed by atoms with E-state index in [9.17, 15) is 9.18 Å². The van der Waals surface area contributed by atoms with E-state index in [1.54, 1.807) is 41.1 Å². The van der Waals surface area contributed by atoms with Gasteiger partial charge in [-0.3, -0.25) is 9.78 Å². The van der Waals surface area contributed by atoms with Crippen LogP contribution in [-0.2, 0) is 17.8 Å². The van der Waals surface area contributed by atoms with E-state index in [0.717, 1.165) is 27.0 Å². The second-order valence-corrected chi connectivity index (χ2v) is 8.49. The fourth-order valence-corrected chi connectivity index (χ4v) is 4.25. The highest BCUT2D eigenvalue weighted by Gasteiger charge is 2.25. The van der Waals surface area contributed by atoms with Crippen molar-refractivity contribution in [2.45, 2.75) is 13.0 Å². The summed E-state index contributed by atoms with van der Waals surface area (Å²) in [5.74, 6) is -0.359. The number of benzene rings is 1. The van der Waals surface area contributed by atoms with Gasteiger partial charge in [-0.15, -0.1) is 11.3 Å². The van der Waals surface area contributed by atoms with Crippen molar-refractivity contribution in [2.24, 2.45) is 5.73 Å². The summed E-state index contributed by atoms with van der Waals surface area (Å²) in [6, 6.07) is 8.55. The van der Waals surface area contributed by atoms with Crippen molar-refractivity contribution in [3.05, 3.63) is 81.9 Å². The number of hydrogen-bond acceptors (Lipinski definition) is 6. The number of nitrogens with zero attached hydrogens (tertiary/aromatic N) is 4. The van der Waals surface area contributed by atoms with Crippen molar-refractivity contribution in [3.63, 3.8) is 0 Å². The molecule has 4 heterocycles. The van der Waals surface area contributed by atoms with Gasteiger partial charge in [-0.25, -0.2) is 14.4 Å². The monoisotopic (exact) mass is 500 g/mol. The molecule has 0 fully saturated rings. The normalized spacial score (nSPS) is 13.5. The number of hydrogen-bond donors (Lipinski definition) is 2. The molecule has 0 unspecified atom stereocenters. The van der Waals surface area contributed by atoms with E-state index in [1.165, 1.54) is 23.6 Å². The van der Waals surface area contributed by atoms with Crippen LogP contribution in [0.25, 0.3) is 15.8 Å². The maximum atomic E-state index is 12.8. The summed E-state index contributed by atoms with van der Waals surface area (Å²) in [5.41, 5.74) is 10.7. The number of amides is 1. The van der Waals surface area contributed by atoms with E-state index < -0.39 is 0 Å². The second kappa shape index (κ2) is 9.36. The third-order valence-corrected chi connectivity index (χ3v) is 6.06. The number of thiazole rings is 1. The zero-order valence-electron chi connectivity index (χ0n) is 16.3. The average Bonchev–Trinajstić information content (AvgIpc) is 3.44. The summed E-state index contributed by atoms with van der Waals surface area (Å²) in [5, 5.41) is 0. The van der Waals surface area contributed by atoms with Crippen molar-refractivity contribution in [1.82, 2.24) is 24.8 Å². The quantitative estimate of drug-likeness (QED) is 0.406. The number of carbonyl (C=O) groups is 1. The Morgan fingerprint density at radius 3 is 2.94 bits per heavy atom. The van der Waals surface area contributed by atoms with E-state index in [1.807, 2.05) is 6.07 Å². The molecule has 0 atom stereocenters. The molecule has 4 aromatic rings. The van der Waals surface area contributed by atoms with Crippen LogP contribution in [0.4, 0.5) is 4.39 Å². The first-order valence-electron chi connectivity index (χ1n) is 9.38. The molecular formula is C21H18BrFN6OS. The lowest BCUT2D eigenvalue weighted by atomic mass is 10.1. The van der Waals surface area contributed by atoms with Crippen LogP contribution in [-0.4, -0.2) is 37.3 Å². The zero-order valence-corrected chi connectivity index (χ0v) is 18.7. The minimum Gasteiger partial charge on any atom is -0.404 e. The number of pyridine rings is 1. The van der Waals surface area contributed by atoms with Gasteiger partial charge in [-0.05, 0) is 24.3 Å². The Morgan fingerprint density at radius 1 is 1.29 bits per heavy atom. The molecule has 0 aliphatic carbocycles. The van der Waals surface area contributed by atoms with E-state index in [0.29, 0.717) is 29.9 Å². The molecular weight excluding hydrogens is 483 g/mol. The molecule has 1 aliphatic heterocycles. The van der Waals surface area contributed by atoms with Crippen LogP contribution in [0.2, 0.25) is 0 Å². The summed E-state index contributed by atoms with van der Waals surface area (Å²) in [6.45, 7) is 1.14. The predicted octanol–water partition coefficient (Wildman–Crippen LogP) is 3.89. The number of fused-ring (bicyclic) bond motifs is 2. The highest BCUT2D eigenvalue weighted by Crippen LogP contribution is 2.22. The summed E-state index contributed by atoms with van der Waals surface area (Å²) in [6.07, 6.45) is 5.36. The predicted molar refractivity (Wildman–Crippen MR) is 121 cm³/mol. The second-order valence-electron chi connectivity index (χ2n) is 6.68. The Balaban J connectivity index is 0.000000192. The molecule has 0 saturated carbocycles. The van der Waals surface area contributed by atoms with Crippen LogP contribution in [0.3, 0.4) is 0 Å². The summed E-state index contributed by atoms with van der Waals surface area (Å²) >= 11 is 4.83. The van der Waals surface area contributed by atoms with Gasteiger partial charge < -0.3 is 15.6 Å². The molecule has 0 saturated heterocycles. The van der Waals surface area contributed by atoms with E-state index >= 15 is 0 Å². The molecule has 0 radical (unpaired) electrons. The van der Waals surface area contributed by atoms with Crippen molar-refractivity contribution in [1.29, 1.82) is 0 Å². The molecule has 3 aromatic heterocycles. The summed E-state index contributed by atoms with van der Waals surface area (Å²) in [7, 11) is 0. The van der Waals surface area contributed by atoms with Gasteiger partial charge in [0.25, 0.3) is 5.91 Å². The Kier molecular flexibility index (Phi) is 6.38. The van der Waals surface area contributed by atoms with Crippen LogP contribution >= 0.6 is 27.3 Å². The van der Waals surface area contributed by atoms with Gasteiger partial charge in [-0.2, -0.15) is 0 Å². The van der Waals surface area contributed by atoms with E-state index in [4.69, 9.17) is 5.73 Å². The molecule has 158 valence electrons. The molecule has 1 amide bonds. The number of H-pyrrole nitrogens is 1. The fraction of sp³-hybridized carbons (Fsp3) is 0.143. The van der Waals surface area contributed by atoms with Gasteiger partial charge in [-0.1, -0.05) is 22.0 Å². The van der Waals surface area contributed by atoms with Crippen LogP contribution in [0.5, 0.6) is 0 Å². The maximum absolute atomic E-state index is 12.8. The van der Waals surface area contributed by atoms with Crippen molar-refractivity contribution >= 4 is 49.0 Å². The summed E-state index contributed by atoms with van der Waals surface area (Å²) < 4.78 is 14.5. The number of para-hydroxylation sites is 1. The number of nitrogens with two attached hydrogens (primary N) is 1. The maximum Gasteiger partial charge on any atom is 0.257 e. The van der Waals surface area contributed by atoms with Crippen LogP contribution < -0.4 is 5.73 Å². The Hall–Kier alpha value is -3.11. The number of rotatable bonds is 2. The number of aromatic nitrogens is 4. The molecule has 1 aromatic carbocycles. The molecule has 1 aliphatic rings. The van der Waals surface area contributed by atoms with Crippen LogP contribution in [0.15, 0.2) is 59.0 Å². The molecule has 10 heteroatoms. The summed E-state index contributed by atoms with van der Waals surface area (Å²) in [4.78, 5) is 29.8. The first-order chi connectivity index (χ1) is 15.1. The third kappa shape index (κ3) is 4.64. The number of halogens is 2. The minimum atomic E-state index is -0.237.